The molecule has 0 saturated carbocycles. The van der Waals surface area contributed by atoms with E-state index in [1.165, 1.54) is 5.56 Å². The van der Waals surface area contributed by atoms with Crippen molar-refractivity contribution in [3.05, 3.63) is 60.2 Å². The van der Waals surface area contributed by atoms with E-state index in [2.05, 4.69) is 19.1 Å². The normalized spacial score (nSPS) is 21.2. The Hall–Kier alpha value is -2.29. The lowest BCUT2D eigenvalue weighted by atomic mass is 9.98. The Morgan fingerprint density at radius 1 is 1.09 bits per heavy atom. The Balaban J connectivity index is 1.98. The number of nitrogens with zero attached hydrogens (tertiary/aromatic N) is 1. The molecule has 2 aromatic carbocycles. The fourth-order valence-electron chi connectivity index (χ4n) is 3.18. The highest BCUT2D eigenvalue weighted by Crippen LogP contribution is 2.41. The summed E-state index contributed by atoms with van der Waals surface area (Å²) in [6.07, 6.45) is 1.76. The van der Waals surface area contributed by atoms with Crippen LogP contribution in [0.2, 0.25) is 0 Å². The fourth-order valence-corrected chi connectivity index (χ4v) is 3.18. The first-order chi connectivity index (χ1) is 10.7. The number of anilines is 1. The first kappa shape index (κ1) is 14.6. The first-order valence-electron chi connectivity index (χ1n) is 7.76. The van der Waals surface area contributed by atoms with Gasteiger partial charge in [-0.1, -0.05) is 37.3 Å². The molecule has 3 nitrogen and oxygen atoms in total. The molecule has 1 aliphatic rings. The summed E-state index contributed by atoms with van der Waals surface area (Å²) < 4.78 is 5.21. The molecule has 3 rings (SSSR count). The number of carbonyl (C=O) groups excluding carboxylic acids is 1. The van der Waals surface area contributed by atoms with E-state index in [4.69, 9.17) is 4.74 Å². The molecule has 0 aromatic heterocycles. The maximum atomic E-state index is 12.8. The van der Waals surface area contributed by atoms with Gasteiger partial charge in [0.05, 0.1) is 13.2 Å². The lowest BCUT2D eigenvalue weighted by molar-refractivity contribution is -0.120. The van der Waals surface area contributed by atoms with Crippen molar-refractivity contribution in [1.82, 2.24) is 0 Å². The maximum absolute atomic E-state index is 12.8. The van der Waals surface area contributed by atoms with Crippen molar-refractivity contribution in [3.8, 4) is 5.75 Å². The zero-order valence-corrected chi connectivity index (χ0v) is 13.0. The molecule has 2 atom stereocenters. The van der Waals surface area contributed by atoms with E-state index >= 15 is 0 Å². The van der Waals surface area contributed by atoms with E-state index < -0.39 is 0 Å². The van der Waals surface area contributed by atoms with Gasteiger partial charge < -0.3 is 9.64 Å². The summed E-state index contributed by atoms with van der Waals surface area (Å²) in [6, 6.07) is 18.1. The van der Waals surface area contributed by atoms with Crippen LogP contribution in [-0.4, -0.2) is 13.0 Å². The monoisotopic (exact) mass is 295 g/mol. The molecular weight excluding hydrogens is 274 g/mol. The highest BCUT2D eigenvalue weighted by atomic mass is 16.5. The van der Waals surface area contributed by atoms with Crippen LogP contribution < -0.4 is 9.64 Å². The lowest BCUT2D eigenvalue weighted by Gasteiger charge is -2.25. The van der Waals surface area contributed by atoms with E-state index in [1.807, 2.05) is 47.4 Å². The topological polar surface area (TPSA) is 29.5 Å². The Labute approximate surface area is 131 Å². The Morgan fingerprint density at radius 3 is 2.36 bits per heavy atom. The minimum atomic E-state index is 0.104. The average molecular weight is 295 g/mol. The van der Waals surface area contributed by atoms with Crippen LogP contribution in [0.1, 0.15) is 31.4 Å². The average Bonchev–Trinajstić information content (AvgIpc) is 2.92. The summed E-state index contributed by atoms with van der Waals surface area (Å²) in [5, 5.41) is 0. The van der Waals surface area contributed by atoms with Gasteiger partial charge in [-0.05, 0) is 42.7 Å². The molecule has 22 heavy (non-hydrogen) atoms. The van der Waals surface area contributed by atoms with Crippen molar-refractivity contribution in [2.45, 2.75) is 25.8 Å². The van der Waals surface area contributed by atoms with Crippen molar-refractivity contribution in [2.24, 2.45) is 5.92 Å². The number of carbonyl (C=O) groups is 1. The van der Waals surface area contributed by atoms with Gasteiger partial charge in [-0.15, -0.1) is 0 Å². The van der Waals surface area contributed by atoms with Crippen LogP contribution in [0.4, 0.5) is 5.69 Å². The van der Waals surface area contributed by atoms with Crippen LogP contribution in [-0.2, 0) is 4.79 Å². The molecule has 1 aliphatic heterocycles. The van der Waals surface area contributed by atoms with Gasteiger partial charge in [0.2, 0.25) is 5.91 Å². The summed E-state index contributed by atoms with van der Waals surface area (Å²) in [6.45, 7) is 2.09. The summed E-state index contributed by atoms with van der Waals surface area (Å²) >= 11 is 0. The van der Waals surface area contributed by atoms with Crippen molar-refractivity contribution >= 4 is 11.6 Å². The molecule has 1 amide bonds. The van der Waals surface area contributed by atoms with Gasteiger partial charge in [-0.2, -0.15) is 0 Å². The number of hydrogen-bond acceptors (Lipinski definition) is 2. The van der Waals surface area contributed by atoms with Gasteiger partial charge in [-0.25, -0.2) is 0 Å². The number of ether oxygens (including phenoxy) is 1. The molecule has 1 heterocycles. The van der Waals surface area contributed by atoms with Crippen LogP contribution in [0, 0.1) is 5.92 Å². The van der Waals surface area contributed by atoms with Gasteiger partial charge in [0.1, 0.15) is 5.75 Å². The van der Waals surface area contributed by atoms with Crippen molar-refractivity contribution in [1.29, 1.82) is 0 Å². The highest BCUT2D eigenvalue weighted by molar-refractivity contribution is 5.98. The van der Waals surface area contributed by atoms with Gasteiger partial charge in [0.25, 0.3) is 0 Å². The summed E-state index contributed by atoms with van der Waals surface area (Å²) in [7, 11) is 1.65. The van der Waals surface area contributed by atoms with Crippen LogP contribution in [0.3, 0.4) is 0 Å². The maximum Gasteiger partial charge on any atom is 0.230 e. The molecule has 0 radical (unpaired) electrons. The summed E-state index contributed by atoms with van der Waals surface area (Å²) in [4.78, 5) is 14.7. The number of rotatable bonds is 4. The van der Waals surface area contributed by atoms with Gasteiger partial charge in [-0.3, -0.25) is 4.79 Å². The first-order valence-corrected chi connectivity index (χ1v) is 7.76. The second kappa shape index (κ2) is 6.22. The smallest absolute Gasteiger partial charge is 0.230 e. The van der Waals surface area contributed by atoms with Crippen LogP contribution >= 0.6 is 0 Å². The number of methoxy groups -OCH3 is 1. The molecule has 0 unspecified atom stereocenters. The fraction of sp³-hybridized carbons (Fsp3) is 0.316. The molecule has 0 bridgehead atoms. The van der Waals surface area contributed by atoms with Crippen molar-refractivity contribution < 1.29 is 9.53 Å². The molecule has 0 aliphatic carbocycles. The zero-order chi connectivity index (χ0) is 15.5. The molecule has 3 heteroatoms. The molecular formula is C19H21NO2. The number of amides is 1. The minimum absolute atomic E-state index is 0.104. The van der Waals surface area contributed by atoms with Gasteiger partial charge >= 0.3 is 0 Å². The quantitative estimate of drug-likeness (QED) is 0.846. The Morgan fingerprint density at radius 2 is 1.77 bits per heavy atom. The lowest BCUT2D eigenvalue weighted by Crippen LogP contribution is -2.29. The van der Waals surface area contributed by atoms with E-state index in [0.717, 1.165) is 24.3 Å². The number of hydrogen-bond donors (Lipinski definition) is 0. The van der Waals surface area contributed by atoms with Crippen LogP contribution in [0.25, 0.3) is 0 Å². The van der Waals surface area contributed by atoms with Crippen LogP contribution in [0.15, 0.2) is 54.6 Å². The van der Waals surface area contributed by atoms with Crippen molar-refractivity contribution in [2.75, 3.05) is 12.0 Å². The third-order valence-corrected chi connectivity index (χ3v) is 4.43. The second-order valence-corrected chi connectivity index (χ2v) is 5.67. The molecule has 0 spiro atoms. The molecule has 1 fully saturated rings. The largest absolute Gasteiger partial charge is 0.497 e. The second-order valence-electron chi connectivity index (χ2n) is 5.67. The third-order valence-electron chi connectivity index (χ3n) is 4.43. The van der Waals surface area contributed by atoms with E-state index in [0.29, 0.717) is 0 Å². The Kier molecular flexibility index (Phi) is 4.14. The Bertz CT molecular complexity index is 636. The van der Waals surface area contributed by atoms with Gasteiger partial charge in [0, 0.05) is 11.6 Å². The highest BCUT2D eigenvalue weighted by Gasteiger charge is 2.39. The molecule has 2 aromatic rings. The molecule has 0 N–H and O–H groups in total. The molecule has 114 valence electrons. The van der Waals surface area contributed by atoms with E-state index in [-0.39, 0.29) is 17.9 Å². The third kappa shape index (κ3) is 2.59. The molecule has 1 saturated heterocycles. The predicted octanol–water partition coefficient (Wildman–Crippen LogP) is 4.20. The van der Waals surface area contributed by atoms with E-state index in [1.54, 1.807) is 7.11 Å². The number of benzene rings is 2. The van der Waals surface area contributed by atoms with E-state index in [9.17, 15) is 4.79 Å². The van der Waals surface area contributed by atoms with Crippen molar-refractivity contribution in [3.63, 3.8) is 0 Å². The summed E-state index contributed by atoms with van der Waals surface area (Å²) in [5.74, 6) is 1.13. The predicted molar refractivity (Wildman–Crippen MR) is 88.1 cm³/mol. The van der Waals surface area contributed by atoms with Crippen LogP contribution in [0.5, 0.6) is 5.75 Å². The standard InChI is InChI=1S/C19H21NO2/c1-3-14-13-18(15-7-5-4-6-8-15)20(19(14)21)16-9-11-17(22-2)12-10-16/h4-12,14,18H,3,13H2,1-2H3/t14-,18-/m0/s1. The van der Waals surface area contributed by atoms with Gasteiger partial charge in [0.15, 0.2) is 0 Å². The SMILES string of the molecule is CC[C@H]1C[C@@H](c2ccccc2)N(c2ccc(OC)cc2)C1=O. The minimum Gasteiger partial charge on any atom is -0.497 e. The summed E-state index contributed by atoms with van der Waals surface area (Å²) in [5.41, 5.74) is 2.14. The zero-order valence-electron chi connectivity index (χ0n) is 13.0.